The number of anilines is 1. The van der Waals surface area contributed by atoms with Gasteiger partial charge >= 0.3 is 0 Å². The topological polar surface area (TPSA) is 52.7 Å². The van der Waals surface area contributed by atoms with Crippen molar-refractivity contribution in [2.24, 2.45) is 0 Å². The Balaban J connectivity index is 1.52. The van der Waals surface area contributed by atoms with Crippen LogP contribution in [0.4, 0.5) is 10.1 Å². The van der Waals surface area contributed by atoms with E-state index in [9.17, 15) is 12.8 Å². The molecule has 2 aromatic rings. The van der Waals surface area contributed by atoms with Crippen LogP contribution in [0.1, 0.15) is 5.56 Å². The highest BCUT2D eigenvalue weighted by molar-refractivity contribution is 7.89. The standard InChI is InChI=1S/C19H22Cl2FN3O2S/c1-14-12-19(16(21)13-15(14)20)28(26,27)23-6-7-24-8-10-25(11-9-24)18-5-3-2-4-17(18)22/h2-5,12-13,23H,6-11H2,1H3. The Morgan fingerprint density at radius 3 is 2.43 bits per heavy atom. The van der Waals surface area contributed by atoms with Crippen molar-refractivity contribution in [2.75, 3.05) is 44.2 Å². The molecule has 28 heavy (non-hydrogen) atoms. The predicted octanol–water partition coefficient (Wildman–Crippen LogP) is 3.54. The van der Waals surface area contributed by atoms with E-state index in [0.717, 1.165) is 13.1 Å². The van der Waals surface area contributed by atoms with Crippen molar-refractivity contribution in [2.45, 2.75) is 11.8 Å². The number of hydrogen-bond acceptors (Lipinski definition) is 4. The van der Waals surface area contributed by atoms with Gasteiger partial charge in [-0.2, -0.15) is 0 Å². The number of aryl methyl sites for hydroxylation is 1. The third-order valence-corrected chi connectivity index (χ3v) is 7.12. The van der Waals surface area contributed by atoms with Gasteiger partial charge in [-0.1, -0.05) is 35.3 Å². The third-order valence-electron chi connectivity index (χ3n) is 4.79. The highest BCUT2D eigenvalue weighted by Gasteiger charge is 2.22. The molecule has 3 rings (SSSR count). The van der Waals surface area contributed by atoms with Gasteiger partial charge in [-0.15, -0.1) is 0 Å². The maximum Gasteiger partial charge on any atom is 0.242 e. The third kappa shape index (κ3) is 4.96. The zero-order valence-corrected chi connectivity index (χ0v) is 17.8. The van der Waals surface area contributed by atoms with Gasteiger partial charge in [0.2, 0.25) is 10.0 Å². The lowest BCUT2D eigenvalue weighted by Gasteiger charge is -2.36. The Labute approximate surface area is 175 Å². The summed E-state index contributed by atoms with van der Waals surface area (Å²) in [6.45, 7) is 5.40. The first-order valence-electron chi connectivity index (χ1n) is 8.95. The maximum absolute atomic E-state index is 13.9. The van der Waals surface area contributed by atoms with E-state index >= 15 is 0 Å². The van der Waals surface area contributed by atoms with Crippen LogP contribution in [0.25, 0.3) is 0 Å². The average molecular weight is 446 g/mol. The fourth-order valence-electron chi connectivity index (χ4n) is 3.17. The van der Waals surface area contributed by atoms with E-state index in [1.807, 2.05) is 11.0 Å². The first-order chi connectivity index (χ1) is 13.3. The van der Waals surface area contributed by atoms with E-state index < -0.39 is 10.0 Å². The molecular formula is C19H22Cl2FN3O2S. The van der Waals surface area contributed by atoms with Crippen LogP contribution < -0.4 is 9.62 Å². The number of hydrogen-bond donors (Lipinski definition) is 1. The molecule has 1 N–H and O–H groups in total. The quantitative estimate of drug-likeness (QED) is 0.738. The Morgan fingerprint density at radius 2 is 1.75 bits per heavy atom. The van der Waals surface area contributed by atoms with Crippen molar-refractivity contribution in [1.29, 1.82) is 0 Å². The molecule has 1 aliphatic heterocycles. The number of nitrogens with one attached hydrogen (secondary N) is 1. The number of para-hydroxylation sites is 1. The summed E-state index contributed by atoms with van der Waals surface area (Å²) in [5, 5.41) is 0.526. The summed E-state index contributed by atoms with van der Waals surface area (Å²) < 4.78 is 41.5. The molecule has 9 heteroatoms. The first-order valence-corrected chi connectivity index (χ1v) is 11.2. The second kappa shape index (κ2) is 8.97. The van der Waals surface area contributed by atoms with Crippen LogP contribution in [0.3, 0.4) is 0 Å². The molecule has 1 saturated heterocycles. The highest BCUT2D eigenvalue weighted by Crippen LogP contribution is 2.28. The lowest BCUT2D eigenvalue weighted by atomic mass is 10.2. The molecule has 2 aromatic carbocycles. The van der Waals surface area contributed by atoms with E-state index in [1.165, 1.54) is 18.2 Å². The van der Waals surface area contributed by atoms with Crippen LogP contribution in [0.2, 0.25) is 10.0 Å². The smallest absolute Gasteiger partial charge is 0.242 e. The molecule has 0 aliphatic carbocycles. The van der Waals surface area contributed by atoms with E-state index in [4.69, 9.17) is 23.2 Å². The summed E-state index contributed by atoms with van der Waals surface area (Å²) in [5.41, 5.74) is 1.26. The Bertz CT molecular complexity index is 948. The molecule has 0 radical (unpaired) electrons. The van der Waals surface area contributed by atoms with Crippen molar-refractivity contribution < 1.29 is 12.8 Å². The lowest BCUT2D eigenvalue weighted by Crippen LogP contribution is -2.48. The monoisotopic (exact) mass is 445 g/mol. The van der Waals surface area contributed by atoms with E-state index in [1.54, 1.807) is 19.1 Å². The molecule has 0 saturated carbocycles. The maximum atomic E-state index is 13.9. The molecule has 5 nitrogen and oxygen atoms in total. The van der Waals surface area contributed by atoms with Crippen LogP contribution in [0, 0.1) is 12.7 Å². The average Bonchev–Trinajstić information content (AvgIpc) is 2.65. The Kier molecular flexibility index (Phi) is 6.83. The Morgan fingerprint density at radius 1 is 1.07 bits per heavy atom. The molecular weight excluding hydrogens is 424 g/mol. The summed E-state index contributed by atoms with van der Waals surface area (Å²) in [5.74, 6) is -0.223. The number of sulfonamides is 1. The molecule has 0 spiro atoms. The Hall–Kier alpha value is -1.38. The van der Waals surface area contributed by atoms with Crippen molar-refractivity contribution in [3.8, 4) is 0 Å². The fourth-order valence-corrected chi connectivity index (χ4v) is 5.02. The molecule has 1 fully saturated rings. The van der Waals surface area contributed by atoms with Gasteiger partial charge in [0.05, 0.1) is 10.7 Å². The largest absolute Gasteiger partial charge is 0.367 e. The number of rotatable bonds is 6. The van der Waals surface area contributed by atoms with Gasteiger partial charge < -0.3 is 4.90 Å². The predicted molar refractivity (Wildman–Crippen MR) is 111 cm³/mol. The number of piperazine rings is 1. The summed E-state index contributed by atoms with van der Waals surface area (Å²) in [7, 11) is -3.72. The zero-order valence-electron chi connectivity index (χ0n) is 15.5. The van der Waals surface area contributed by atoms with E-state index in [-0.39, 0.29) is 22.3 Å². The summed E-state index contributed by atoms with van der Waals surface area (Å²) >= 11 is 12.0. The SMILES string of the molecule is Cc1cc(S(=O)(=O)NCCN2CCN(c3ccccc3F)CC2)c(Cl)cc1Cl. The normalized spacial score (nSPS) is 15.8. The molecule has 0 aromatic heterocycles. The summed E-state index contributed by atoms with van der Waals surface area (Å²) in [4.78, 5) is 4.18. The minimum absolute atomic E-state index is 0.0282. The number of halogens is 3. The van der Waals surface area contributed by atoms with Crippen molar-refractivity contribution in [1.82, 2.24) is 9.62 Å². The van der Waals surface area contributed by atoms with E-state index in [0.29, 0.717) is 35.9 Å². The first kappa shape index (κ1) is 21.3. The van der Waals surface area contributed by atoms with Gasteiger partial charge in [0.1, 0.15) is 10.7 Å². The van der Waals surface area contributed by atoms with Crippen LogP contribution in [0.15, 0.2) is 41.3 Å². The van der Waals surface area contributed by atoms with Crippen LogP contribution >= 0.6 is 23.2 Å². The van der Waals surface area contributed by atoms with Gasteiger partial charge in [-0.25, -0.2) is 17.5 Å². The van der Waals surface area contributed by atoms with Crippen LogP contribution in [0.5, 0.6) is 0 Å². The van der Waals surface area contributed by atoms with Crippen molar-refractivity contribution >= 4 is 38.9 Å². The van der Waals surface area contributed by atoms with Gasteiger partial charge in [0.25, 0.3) is 0 Å². The zero-order chi connectivity index (χ0) is 20.3. The molecule has 0 atom stereocenters. The molecule has 152 valence electrons. The van der Waals surface area contributed by atoms with E-state index in [2.05, 4.69) is 9.62 Å². The molecule has 0 unspecified atom stereocenters. The minimum Gasteiger partial charge on any atom is -0.367 e. The molecule has 1 heterocycles. The summed E-state index contributed by atoms with van der Waals surface area (Å²) in [6, 6.07) is 9.64. The van der Waals surface area contributed by atoms with Gasteiger partial charge in [0.15, 0.2) is 0 Å². The van der Waals surface area contributed by atoms with Crippen molar-refractivity contribution in [3.63, 3.8) is 0 Å². The second-order valence-electron chi connectivity index (χ2n) is 6.71. The van der Waals surface area contributed by atoms with Crippen molar-refractivity contribution in [3.05, 3.63) is 57.8 Å². The minimum atomic E-state index is -3.72. The van der Waals surface area contributed by atoms with Gasteiger partial charge in [-0.05, 0) is 36.8 Å². The second-order valence-corrected chi connectivity index (χ2v) is 9.26. The number of benzene rings is 2. The molecule has 0 bridgehead atoms. The van der Waals surface area contributed by atoms with Crippen LogP contribution in [-0.4, -0.2) is 52.6 Å². The van der Waals surface area contributed by atoms with Gasteiger partial charge in [-0.3, -0.25) is 4.90 Å². The number of nitrogens with zero attached hydrogens (tertiary/aromatic N) is 2. The summed E-state index contributed by atoms with van der Waals surface area (Å²) in [6.07, 6.45) is 0. The van der Waals surface area contributed by atoms with Gasteiger partial charge in [0, 0.05) is 44.3 Å². The molecule has 0 amide bonds. The molecule has 1 aliphatic rings. The lowest BCUT2D eigenvalue weighted by molar-refractivity contribution is 0.261. The van der Waals surface area contributed by atoms with Crippen LogP contribution in [-0.2, 0) is 10.0 Å². The fraction of sp³-hybridized carbons (Fsp3) is 0.368. The highest BCUT2D eigenvalue weighted by atomic mass is 35.5.